The molecule has 122 valence electrons. The van der Waals surface area contributed by atoms with E-state index in [1.165, 1.54) is 13.8 Å². The summed E-state index contributed by atoms with van der Waals surface area (Å²) >= 11 is 1.55. The average Bonchev–Trinajstić information content (AvgIpc) is 2.79. The molecule has 1 aromatic heterocycles. The van der Waals surface area contributed by atoms with Gasteiger partial charge in [-0.15, -0.1) is 11.3 Å². The number of hydrogen-bond acceptors (Lipinski definition) is 4. The van der Waals surface area contributed by atoms with Crippen molar-refractivity contribution in [1.82, 2.24) is 9.88 Å². The minimum absolute atomic E-state index is 0.0417. The summed E-state index contributed by atoms with van der Waals surface area (Å²) in [7, 11) is 0. The van der Waals surface area contributed by atoms with E-state index in [4.69, 9.17) is 0 Å². The van der Waals surface area contributed by atoms with Crippen molar-refractivity contribution >= 4 is 34.5 Å². The Morgan fingerprint density at radius 3 is 2.74 bits per heavy atom. The van der Waals surface area contributed by atoms with Crippen LogP contribution in [0.5, 0.6) is 0 Å². The molecule has 2 aromatic rings. The minimum atomic E-state index is -0.112. The lowest BCUT2D eigenvalue weighted by molar-refractivity contribution is -0.119. The second kappa shape index (κ2) is 7.73. The lowest BCUT2D eigenvalue weighted by Crippen LogP contribution is -2.28. The van der Waals surface area contributed by atoms with Gasteiger partial charge in [-0.05, 0) is 25.1 Å². The lowest BCUT2D eigenvalue weighted by Gasteiger charge is -2.07. The van der Waals surface area contributed by atoms with Gasteiger partial charge in [0.05, 0.1) is 5.69 Å². The quantitative estimate of drug-likeness (QED) is 0.880. The number of thiazole rings is 1. The molecular formula is C16H20N4O2S. The Hall–Kier alpha value is -2.41. The second-order valence-corrected chi connectivity index (χ2v) is 5.97. The number of amides is 2. The monoisotopic (exact) mass is 332 g/mol. The van der Waals surface area contributed by atoms with Crippen LogP contribution in [0.4, 0.5) is 11.4 Å². The fourth-order valence-corrected chi connectivity index (χ4v) is 3.01. The van der Waals surface area contributed by atoms with E-state index >= 15 is 0 Å². The van der Waals surface area contributed by atoms with Gasteiger partial charge in [-0.3, -0.25) is 9.59 Å². The first-order chi connectivity index (χ1) is 11.0. The van der Waals surface area contributed by atoms with Crippen LogP contribution < -0.4 is 15.4 Å². The van der Waals surface area contributed by atoms with E-state index in [1.54, 1.807) is 11.3 Å². The van der Waals surface area contributed by atoms with E-state index in [9.17, 15) is 9.59 Å². The zero-order valence-corrected chi connectivity index (χ0v) is 14.2. The molecule has 0 unspecified atom stereocenters. The molecule has 0 aliphatic carbocycles. The Kier molecular flexibility index (Phi) is 5.70. The van der Waals surface area contributed by atoms with Crippen molar-refractivity contribution in [3.63, 3.8) is 0 Å². The van der Waals surface area contributed by atoms with Gasteiger partial charge >= 0.3 is 0 Å². The van der Waals surface area contributed by atoms with Crippen molar-refractivity contribution < 1.29 is 9.59 Å². The number of carbonyl (C=O) groups is 2. The SMILES string of the molecule is CC(=O)NCCn1c(C)csc1=Nc1cccc(NC(C)=O)c1. The van der Waals surface area contributed by atoms with Gasteiger partial charge in [0.2, 0.25) is 11.8 Å². The molecule has 2 amide bonds. The molecule has 0 bridgehead atoms. The third-order valence-electron chi connectivity index (χ3n) is 3.09. The van der Waals surface area contributed by atoms with Crippen molar-refractivity contribution in [1.29, 1.82) is 0 Å². The number of nitrogens with one attached hydrogen (secondary N) is 2. The summed E-state index contributed by atoms with van der Waals surface area (Å²) in [6.45, 7) is 6.22. The molecular weight excluding hydrogens is 312 g/mol. The maximum atomic E-state index is 11.1. The van der Waals surface area contributed by atoms with Gasteiger partial charge in [0.25, 0.3) is 0 Å². The predicted octanol–water partition coefficient (Wildman–Crippen LogP) is 2.18. The largest absolute Gasteiger partial charge is 0.355 e. The van der Waals surface area contributed by atoms with Crippen LogP contribution in [0.3, 0.4) is 0 Å². The molecule has 2 N–H and O–H groups in total. The number of nitrogens with zero attached hydrogens (tertiary/aromatic N) is 2. The van der Waals surface area contributed by atoms with Crippen LogP contribution in [0.1, 0.15) is 19.5 Å². The van der Waals surface area contributed by atoms with Gasteiger partial charge in [0, 0.05) is 43.7 Å². The Morgan fingerprint density at radius 1 is 1.26 bits per heavy atom. The van der Waals surface area contributed by atoms with Crippen LogP contribution in [0, 0.1) is 6.92 Å². The summed E-state index contributed by atoms with van der Waals surface area (Å²) in [5, 5.41) is 7.57. The van der Waals surface area contributed by atoms with E-state index in [1.807, 2.05) is 36.6 Å². The van der Waals surface area contributed by atoms with Crippen LogP contribution in [0.2, 0.25) is 0 Å². The maximum Gasteiger partial charge on any atom is 0.221 e. The van der Waals surface area contributed by atoms with Crippen molar-refractivity contribution in [3.05, 3.63) is 40.1 Å². The topological polar surface area (TPSA) is 75.5 Å². The van der Waals surface area contributed by atoms with E-state index in [0.29, 0.717) is 13.1 Å². The first-order valence-electron chi connectivity index (χ1n) is 7.27. The summed E-state index contributed by atoms with van der Waals surface area (Å²) < 4.78 is 2.06. The molecule has 0 fully saturated rings. The molecule has 6 nitrogen and oxygen atoms in total. The molecule has 1 aromatic carbocycles. The van der Waals surface area contributed by atoms with Gasteiger partial charge in [-0.2, -0.15) is 0 Å². The van der Waals surface area contributed by atoms with Crippen LogP contribution in [0.25, 0.3) is 0 Å². The zero-order chi connectivity index (χ0) is 16.8. The maximum absolute atomic E-state index is 11.1. The molecule has 0 aliphatic rings. The highest BCUT2D eigenvalue weighted by Crippen LogP contribution is 2.17. The first-order valence-corrected chi connectivity index (χ1v) is 8.15. The molecule has 2 rings (SSSR count). The fraction of sp³-hybridized carbons (Fsp3) is 0.312. The van der Waals surface area contributed by atoms with Crippen LogP contribution in [-0.4, -0.2) is 22.9 Å². The van der Waals surface area contributed by atoms with E-state index in [0.717, 1.165) is 21.9 Å². The van der Waals surface area contributed by atoms with Crippen molar-refractivity contribution in [2.45, 2.75) is 27.3 Å². The lowest BCUT2D eigenvalue weighted by atomic mass is 10.3. The first kappa shape index (κ1) is 17.0. The zero-order valence-electron chi connectivity index (χ0n) is 13.4. The second-order valence-electron chi connectivity index (χ2n) is 5.14. The summed E-state index contributed by atoms with van der Waals surface area (Å²) in [5.74, 6) is -0.153. The minimum Gasteiger partial charge on any atom is -0.355 e. The van der Waals surface area contributed by atoms with Crippen molar-refractivity contribution in [2.75, 3.05) is 11.9 Å². The van der Waals surface area contributed by atoms with E-state index < -0.39 is 0 Å². The molecule has 0 atom stereocenters. The third kappa shape index (κ3) is 5.07. The van der Waals surface area contributed by atoms with Gasteiger partial charge in [-0.1, -0.05) is 6.07 Å². The Bertz CT molecular complexity index is 776. The number of hydrogen-bond donors (Lipinski definition) is 2. The number of benzene rings is 1. The number of rotatable bonds is 5. The van der Waals surface area contributed by atoms with Gasteiger partial charge < -0.3 is 15.2 Å². The summed E-state index contributed by atoms with van der Waals surface area (Å²) in [6, 6.07) is 7.39. The summed E-state index contributed by atoms with van der Waals surface area (Å²) in [4.78, 5) is 27.6. The molecule has 1 heterocycles. The standard InChI is InChI=1S/C16H20N4O2S/c1-11-10-23-16(20(11)8-7-17-12(2)21)19-15-6-4-5-14(9-15)18-13(3)22/h4-6,9-10H,7-8H2,1-3H3,(H,17,21)(H,18,22). The van der Waals surface area contributed by atoms with Crippen LogP contribution >= 0.6 is 11.3 Å². The van der Waals surface area contributed by atoms with Gasteiger partial charge in [0.1, 0.15) is 0 Å². The highest BCUT2D eigenvalue weighted by Gasteiger charge is 2.03. The molecule has 0 spiro atoms. The van der Waals surface area contributed by atoms with Crippen LogP contribution in [0.15, 0.2) is 34.6 Å². The third-order valence-corrected chi connectivity index (χ3v) is 4.07. The fourth-order valence-electron chi connectivity index (χ4n) is 2.09. The number of aromatic nitrogens is 1. The van der Waals surface area contributed by atoms with Gasteiger partial charge in [-0.25, -0.2) is 4.99 Å². The Labute approximate surface area is 138 Å². The summed E-state index contributed by atoms with van der Waals surface area (Å²) in [6.07, 6.45) is 0. The highest BCUT2D eigenvalue weighted by atomic mass is 32.1. The molecule has 0 saturated heterocycles. The molecule has 23 heavy (non-hydrogen) atoms. The molecule has 0 radical (unpaired) electrons. The molecule has 7 heteroatoms. The van der Waals surface area contributed by atoms with Crippen molar-refractivity contribution in [3.8, 4) is 0 Å². The normalized spacial score (nSPS) is 11.3. The van der Waals surface area contributed by atoms with Crippen LogP contribution in [-0.2, 0) is 16.1 Å². The number of anilines is 1. The Morgan fingerprint density at radius 2 is 2.04 bits per heavy atom. The number of carbonyl (C=O) groups excluding carboxylic acids is 2. The highest BCUT2D eigenvalue weighted by molar-refractivity contribution is 7.07. The number of aryl methyl sites for hydroxylation is 1. The van der Waals surface area contributed by atoms with E-state index in [-0.39, 0.29) is 11.8 Å². The van der Waals surface area contributed by atoms with E-state index in [2.05, 4.69) is 20.2 Å². The van der Waals surface area contributed by atoms with Gasteiger partial charge in [0.15, 0.2) is 4.80 Å². The Balaban J connectivity index is 2.25. The molecule has 0 aliphatic heterocycles. The average molecular weight is 332 g/mol. The smallest absolute Gasteiger partial charge is 0.221 e. The van der Waals surface area contributed by atoms with Crippen molar-refractivity contribution in [2.24, 2.45) is 4.99 Å². The predicted molar refractivity (Wildman–Crippen MR) is 91.7 cm³/mol. The molecule has 0 saturated carbocycles. The summed E-state index contributed by atoms with van der Waals surface area (Å²) in [5.41, 5.74) is 2.58.